The molecule has 0 aliphatic carbocycles. The molecule has 0 bridgehead atoms. The van der Waals surface area contributed by atoms with Gasteiger partial charge in [0, 0.05) is 12.6 Å². The first kappa shape index (κ1) is 11.6. The van der Waals surface area contributed by atoms with Crippen molar-refractivity contribution in [3.05, 3.63) is 17.5 Å². The van der Waals surface area contributed by atoms with Crippen LogP contribution in [0.3, 0.4) is 0 Å². The van der Waals surface area contributed by atoms with E-state index in [4.69, 9.17) is 22.5 Å². The van der Waals surface area contributed by atoms with E-state index in [1.807, 2.05) is 0 Å². The second-order valence-electron chi connectivity index (χ2n) is 3.16. The molecule has 1 rings (SSSR count). The van der Waals surface area contributed by atoms with Crippen LogP contribution < -0.4 is 11.1 Å². The number of aromatic nitrogens is 1. The summed E-state index contributed by atoms with van der Waals surface area (Å²) >= 11 is 4.71. The third-order valence-electron chi connectivity index (χ3n) is 1.74. The van der Waals surface area contributed by atoms with Crippen molar-refractivity contribution in [3.8, 4) is 0 Å². The lowest BCUT2D eigenvalue weighted by atomic mass is 10.3. The van der Waals surface area contributed by atoms with Crippen LogP contribution in [0.5, 0.6) is 0 Å². The summed E-state index contributed by atoms with van der Waals surface area (Å²) in [5.74, 6) is -0.0404. The molecule has 6 heteroatoms. The molecule has 5 nitrogen and oxygen atoms in total. The van der Waals surface area contributed by atoms with Crippen molar-refractivity contribution in [2.75, 3.05) is 6.54 Å². The first-order valence-electron chi connectivity index (χ1n) is 4.59. The SMILES string of the molecule is Cc1cc(C(=O)NCCCC(N)=S)on1. The van der Waals surface area contributed by atoms with Crippen LogP contribution in [0.25, 0.3) is 0 Å². The van der Waals surface area contributed by atoms with Gasteiger partial charge in [0.15, 0.2) is 0 Å². The van der Waals surface area contributed by atoms with Gasteiger partial charge in [0.2, 0.25) is 5.76 Å². The molecule has 0 radical (unpaired) electrons. The molecule has 0 aliphatic rings. The van der Waals surface area contributed by atoms with E-state index < -0.39 is 0 Å². The Morgan fingerprint density at radius 2 is 2.47 bits per heavy atom. The van der Waals surface area contributed by atoms with E-state index in [0.717, 1.165) is 6.42 Å². The highest BCUT2D eigenvalue weighted by Crippen LogP contribution is 2.01. The van der Waals surface area contributed by atoms with Crippen LogP contribution in [-0.2, 0) is 0 Å². The third-order valence-corrected chi connectivity index (χ3v) is 1.94. The molecule has 0 atom stereocenters. The van der Waals surface area contributed by atoms with Gasteiger partial charge in [0.25, 0.3) is 5.91 Å². The highest BCUT2D eigenvalue weighted by molar-refractivity contribution is 7.80. The predicted octanol–water partition coefficient (Wildman–Crippen LogP) is 0.779. The Labute approximate surface area is 93.0 Å². The summed E-state index contributed by atoms with van der Waals surface area (Å²) < 4.78 is 4.79. The predicted molar refractivity (Wildman–Crippen MR) is 59.6 cm³/mol. The molecule has 1 amide bonds. The molecule has 15 heavy (non-hydrogen) atoms. The lowest BCUT2D eigenvalue weighted by Crippen LogP contribution is -2.24. The quantitative estimate of drug-likeness (QED) is 0.574. The standard InChI is InChI=1S/C9H13N3O2S/c1-6-5-7(14-12-6)9(13)11-4-2-3-8(10)15/h5H,2-4H2,1H3,(H2,10,15)(H,11,13). The lowest BCUT2D eigenvalue weighted by Gasteiger charge is -2.01. The van der Waals surface area contributed by atoms with Crippen LogP contribution >= 0.6 is 12.2 Å². The summed E-state index contributed by atoms with van der Waals surface area (Å²) in [5.41, 5.74) is 6.00. The van der Waals surface area contributed by atoms with Crippen molar-refractivity contribution in [2.45, 2.75) is 19.8 Å². The Balaban J connectivity index is 2.28. The molecule has 0 saturated carbocycles. The summed E-state index contributed by atoms with van der Waals surface area (Å²) in [6.07, 6.45) is 1.36. The number of hydrogen-bond donors (Lipinski definition) is 2. The van der Waals surface area contributed by atoms with Gasteiger partial charge in [-0.1, -0.05) is 17.4 Å². The largest absolute Gasteiger partial charge is 0.393 e. The zero-order valence-corrected chi connectivity index (χ0v) is 9.26. The van der Waals surface area contributed by atoms with Crippen LogP contribution in [0.1, 0.15) is 29.1 Å². The highest BCUT2D eigenvalue weighted by atomic mass is 32.1. The first-order chi connectivity index (χ1) is 7.09. The van der Waals surface area contributed by atoms with E-state index in [1.165, 1.54) is 0 Å². The van der Waals surface area contributed by atoms with Crippen molar-refractivity contribution >= 4 is 23.1 Å². The van der Waals surface area contributed by atoms with Gasteiger partial charge in [-0.05, 0) is 19.8 Å². The molecular formula is C9H13N3O2S. The minimum Gasteiger partial charge on any atom is -0.393 e. The number of amides is 1. The van der Waals surface area contributed by atoms with Crippen LogP contribution in [0, 0.1) is 6.92 Å². The second-order valence-corrected chi connectivity index (χ2v) is 3.68. The van der Waals surface area contributed by atoms with E-state index in [1.54, 1.807) is 13.0 Å². The highest BCUT2D eigenvalue weighted by Gasteiger charge is 2.09. The fourth-order valence-electron chi connectivity index (χ4n) is 1.02. The summed E-state index contributed by atoms with van der Waals surface area (Å²) in [7, 11) is 0. The average molecular weight is 227 g/mol. The van der Waals surface area contributed by atoms with E-state index in [9.17, 15) is 4.79 Å². The number of carbonyl (C=O) groups excluding carboxylic acids is 1. The van der Waals surface area contributed by atoms with E-state index in [2.05, 4.69) is 10.5 Å². The van der Waals surface area contributed by atoms with Crippen molar-refractivity contribution in [1.29, 1.82) is 0 Å². The summed E-state index contributed by atoms with van der Waals surface area (Å²) in [6.45, 7) is 2.28. The fourth-order valence-corrected chi connectivity index (χ4v) is 1.17. The summed E-state index contributed by atoms with van der Waals surface area (Å²) in [5, 5.41) is 6.30. The molecule has 0 spiro atoms. The number of nitrogens with one attached hydrogen (secondary N) is 1. The smallest absolute Gasteiger partial charge is 0.289 e. The molecule has 3 N–H and O–H groups in total. The number of aryl methyl sites for hydroxylation is 1. The molecule has 1 aromatic rings. The Morgan fingerprint density at radius 1 is 1.73 bits per heavy atom. The van der Waals surface area contributed by atoms with Gasteiger partial charge in [0.05, 0.1) is 10.7 Å². The number of nitrogens with zero attached hydrogens (tertiary/aromatic N) is 1. The average Bonchev–Trinajstić information content (AvgIpc) is 2.59. The molecular weight excluding hydrogens is 214 g/mol. The zero-order valence-electron chi connectivity index (χ0n) is 8.45. The number of hydrogen-bond acceptors (Lipinski definition) is 4. The lowest BCUT2D eigenvalue weighted by molar-refractivity contribution is 0.0916. The van der Waals surface area contributed by atoms with Gasteiger partial charge in [0.1, 0.15) is 0 Å². The Kier molecular flexibility index (Phi) is 4.23. The Hall–Kier alpha value is -1.43. The Bertz CT molecular complexity index is 362. The van der Waals surface area contributed by atoms with Gasteiger partial charge in [-0.3, -0.25) is 4.79 Å². The van der Waals surface area contributed by atoms with Crippen molar-refractivity contribution < 1.29 is 9.32 Å². The number of thiocarbonyl (C=S) groups is 1. The normalized spacial score (nSPS) is 9.93. The number of nitrogens with two attached hydrogens (primary N) is 1. The fraction of sp³-hybridized carbons (Fsp3) is 0.444. The minimum atomic E-state index is -0.265. The van der Waals surface area contributed by atoms with Crippen LogP contribution in [0.2, 0.25) is 0 Å². The van der Waals surface area contributed by atoms with Crippen molar-refractivity contribution in [2.24, 2.45) is 5.73 Å². The van der Waals surface area contributed by atoms with Crippen LogP contribution in [-0.4, -0.2) is 22.6 Å². The van der Waals surface area contributed by atoms with E-state index in [0.29, 0.717) is 23.6 Å². The van der Waals surface area contributed by atoms with Gasteiger partial charge >= 0.3 is 0 Å². The van der Waals surface area contributed by atoms with E-state index in [-0.39, 0.29) is 11.7 Å². The van der Waals surface area contributed by atoms with Gasteiger partial charge in [-0.25, -0.2) is 0 Å². The zero-order chi connectivity index (χ0) is 11.3. The van der Waals surface area contributed by atoms with E-state index >= 15 is 0 Å². The van der Waals surface area contributed by atoms with Crippen LogP contribution in [0.15, 0.2) is 10.6 Å². The molecule has 0 aromatic carbocycles. The molecule has 1 heterocycles. The molecule has 0 fully saturated rings. The minimum absolute atomic E-state index is 0.225. The van der Waals surface area contributed by atoms with Crippen molar-refractivity contribution in [1.82, 2.24) is 10.5 Å². The maximum atomic E-state index is 11.4. The second kappa shape index (κ2) is 5.45. The number of rotatable bonds is 5. The molecule has 82 valence electrons. The monoisotopic (exact) mass is 227 g/mol. The summed E-state index contributed by atoms with van der Waals surface area (Å²) in [4.78, 5) is 11.9. The van der Waals surface area contributed by atoms with Gasteiger partial charge < -0.3 is 15.6 Å². The first-order valence-corrected chi connectivity index (χ1v) is 5.00. The molecule has 0 saturated heterocycles. The maximum Gasteiger partial charge on any atom is 0.289 e. The topological polar surface area (TPSA) is 81.2 Å². The maximum absolute atomic E-state index is 11.4. The third kappa shape index (κ3) is 4.07. The molecule has 0 unspecified atom stereocenters. The molecule has 0 aliphatic heterocycles. The Morgan fingerprint density at radius 3 is 3.00 bits per heavy atom. The van der Waals surface area contributed by atoms with Crippen molar-refractivity contribution in [3.63, 3.8) is 0 Å². The summed E-state index contributed by atoms with van der Waals surface area (Å²) in [6, 6.07) is 1.59. The van der Waals surface area contributed by atoms with Gasteiger partial charge in [-0.15, -0.1) is 0 Å². The molecule has 1 aromatic heterocycles. The van der Waals surface area contributed by atoms with Crippen LogP contribution in [0.4, 0.5) is 0 Å². The van der Waals surface area contributed by atoms with Gasteiger partial charge in [-0.2, -0.15) is 0 Å². The number of carbonyl (C=O) groups is 1.